The Balaban J connectivity index is 0.960. The SMILES string of the molecule is [2H]c1c([2H])c([2H])c2c(c1[2H])c1c([2H])c([2H])c([2H])c([2H])c1n2-c1ccc2c(c1)N(c1c(-c3ccccc3)cc(C(C)(C)C)cc1-c1cccc3c1oc1ccccc13)c1cc(C(C)(C)C)cc3c1B2c1ccc(-n2c4c([2H])c([2H])c([2H])c([2H])c4c4c([2H])c([2H])c([2H])c([2H])c42)cc1N3c1c(-c2cccc3oc4ccccc4c23)cc(C(C)(C)C)cc1-c1cccc2oc3ccccc3c12. The lowest BCUT2D eigenvalue weighted by Crippen LogP contribution is -2.61. The van der Waals surface area contributed by atoms with E-state index in [1.54, 1.807) is 9.13 Å². The minimum atomic E-state index is -0.871. The summed E-state index contributed by atoms with van der Waals surface area (Å²) >= 11 is 0. The number of nitrogens with zero attached hydrogens (tertiary/aromatic N) is 4. The third-order valence-electron chi connectivity index (χ3n) is 24.1. The molecule has 7 nitrogen and oxygen atoms in total. The van der Waals surface area contributed by atoms with Crippen LogP contribution in [0.2, 0.25) is 0 Å². The van der Waals surface area contributed by atoms with Crippen LogP contribution in [-0.4, -0.2) is 15.8 Å². The number of anilines is 6. The van der Waals surface area contributed by atoms with E-state index < -0.39 is 120 Å². The third kappa shape index (κ3) is 10.0. The molecule has 0 fully saturated rings. The first-order valence-corrected chi connectivity index (χ1v) is 39.3. The number of para-hydroxylation sites is 8. The van der Waals surface area contributed by atoms with Crippen LogP contribution in [0.3, 0.4) is 0 Å². The zero-order valence-corrected chi connectivity index (χ0v) is 65.0. The predicted octanol–water partition coefficient (Wildman–Crippen LogP) is 28.2. The Morgan fingerprint density at radius 3 is 1.11 bits per heavy atom. The molecule has 0 N–H and O–H groups in total. The molecule has 2 aliphatic heterocycles. The zero-order valence-electron chi connectivity index (χ0n) is 81.0. The molecule has 8 heteroatoms. The summed E-state index contributed by atoms with van der Waals surface area (Å²) in [6.07, 6.45) is 0. The molecule has 0 aliphatic carbocycles. The summed E-state index contributed by atoms with van der Waals surface area (Å²) in [5.74, 6) is 0. The Labute approximate surface area is 695 Å². The smallest absolute Gasteiger partial charge is 0.252 e. The topological polar surface area (TPSA) is 55.8 Å². The lowest BCUT2D eigenvalue weighted by molar-refractivity contribution is 0.590. The van der Waals surface area contributed by atoms with Crippen LogP contribution in [0.1, 0.15) is 101 Å². The highest BCUT2D eigenvalue weighted by atomic mass is 16.3. The van der Waals surface area contributed by atoms with Crippen molar-refractivity contribution in [1.29, 1.82) is 0 Å². The lowest BCUT2D eigenvalue weighted by Gasteiger charge is -2.47. The molecular weight excluding hydrogens is 1410 g/mol. The lowest BCUT2D eigenvalue weighted by atomic mass is 9.33. The molecule has 21 aromatic rings. The fourth-order valence-corrected chi connectivity index (χ4v) is 18.5. The first-order chi connectivity index (χ1) is 63.1. The van der Waals surface area contributed by atoms with E-state index in [1.165, 1.54) is 0 Å². The van der Waals surface area contributed by atoms with Gasteiger partial charge in [0.25, 0.3) is 6.71 Å². The number of rotatable bonds is 8. The fourth-order valence-electron chi connectivity index (χ4n) is 18.5. The highest BCUT2D eigenvalue weighted by molar-refractivity contribution is 7.00. The van der Waals surface area contributed by atoms with Gasteiger partial charge in [0.05, 0.1) is 55.4 Å². The second kappa shape index (κ2) is 24.8. The van der Waals surface area contributed by atoms with Crippen molar-refractivity contribution in [2.45, 2.75) is 78.6 Å². The van der Waals surface area contributed by atoms with Gasteiger partial charge in [0.1, 0.15) is 33.5 Å². The van der Waals surface area contributed by atoms with Gasteiger partial charge in [-0.05, 0) is 181 Å². The van der Waals surface area contributed by atoms with Gasteiger partial charge in [0.15, 0.2) is 0 Å². The Bertz CT molecular complexity index is 8500. The Hall–Kier alpha value is -13.8. The van der Waals surface area contributed by atoms with Crippen LogP contribution in [0.4, 0.5) is 34.1 Å². The molecule has 554 valence electrons. The van der Waals surface area contributed by atoms with E-state index in [4.69, 9.17) is 13.3 Å². The van der Waals surface area contributed by atoms with Crippen LogP contribution in [0.25, 0.3) is 165 Å². The Morgan fingerprint density at radius 2 is 0.647 bits per heavy atom. The second-order valence-corrected chi connectivity index (χ2v) is 33.9. The average Bonchev–Trinajstić information content (AvgIpc) is 1.02. The zero-order chi connectivity index (χ0) is 91.9. The molecular formula is C108H81BN4O3. The van der Waals surface area contributed by atoms with Gasteiger partial charge in [-0.15, -0.1) is 0 Å². The van der Waals surface area contributed by atoms with E-state index in [9.17, 15) is 21.9 Å². The minimum Gasteiger partial charge on any atom is -0.456 e. The molecule has 116 heavy (non-hydrogen) atoms. The largest absolute Gasteiger partial charge is 0.456 e. The van der Waals surface area contributed by atoms with E-state index in [2.05, 4.69) is 169 Å². The highest BCUT2D eigenvalue weighted by Crippen LogP contribution is 2.58. The maximum atomic E-state index is 10.1. The van der Waals surface area contributed by atoms with Gasteiger partial charge >= 0.3 is 0 Å². The van der Waals surface area contributed by atoms with E-state index >= 15 is 0 Å². The molecule has 0 atom stereocenters. The van der Waals surface area contributed by atoms with Crippen LogP contribution in [0.15, 0.2) is 340 Å². The summed E-state index contributed by atoms with van der Waals surface area (Å²) < 4.78 is 179. The standard InChI is InChI=1S/C108H81BN4O3/c1-106(2,3)65-56-81(64-30-11-10-12-31-64)103(84(59-65)78-42-27-41-77-74-36-17-24-47-95(74)116-105(77)78)112-91-62-68(110-87-43-20-13-32-70(87)71-33-14-21-44-88(71)110)52-54-85(91)109-86-55-53-69(111-89-45-22-15-34-72(89)73-35-16-23-46-90(73)111)63-92(86)113(94-61-67(108(7,8)9)60-93(112)102(94)109)104-82(75-39-28-50-98-100(75)79-37-18-25-48-96(79)114-98)57-66(107(4,5)6)58-83(104)76-40-29-51-99-101(76)80-38-19-26-49-97(80)115-99/h10-63H,1-9H3/i13D,14D,15D,16D,20D,21D,22D,23D,32D,33D,34D,35D,43D,44D,45D,46D. The van der Waals surface area contributed by atoms with Gasteiger partial charge in [0.2, 0.25) is 0 Å². The van der Waals surface area contributed by atoms with Crippen molar-refractivity contribution < 1.29 is 35.2 Å². The van der Waals surface area contributed by atoms with E-state index in [0.29, 0.717) is 78.5 Å². The van der Waals surface area contributed by atoms with Crippen molar-refractivity contribution in [3.63, 3.8) is 0 Å². The number of fused-ring (bicyclic) bond motifs is 19. The van der Waals surface area contributed by atoms with E-state index in [-0.39, 0.29) is 55.0 Å². The van der Waals surface area contributed by atoms with Gasteiger partial charge in [0, 0.05) is 116 Å². The first-order valence-electron chi connectivity index (χ1n) is 47.3. The van der Waals surface area contributed by atoms with Crippen LogP contribution in [0.5, 0.6) is 0 Å². The summed E-state index contributed by atoms with van der Waals surface area (Å²) in [7, 11) is 0. The van der Waals surface area contributed by atoms with Gasteiger partial charge in [-0.1, -0.05) is 274 Å². The average molecular weight is 1510 g/mol. The van der Waals surface area contributed by atoms with Crippen molar-refractivity contribution in [2.24, 2.45) is 0 Å². The van der Waals surface area contributed by atoms with Crippen molar-refractivity contribution in [1.82, 2.24) is 9.13 Å². The summed E-state index contributed by atoms with van der Waals surface area (Å²) in [6.45, 7) is 18.9. The molecule has 0 radical (unpaired) electrons. The monoisotopic (exact) mass is 1510 g/mol. The van der Waals surface area contributed by atoms with Crippen molar-refractivity contribution in [2.75, 3.05) is 9.80 Å². The number of hydrogen-bond acceptors (Lipinski definition) is 5. The van der Waals surface area contributed by atoms with Gasteiger partial charge in [-0.25, -0.2) is 0 Å². The summed E-state index contributed by atoms with van der Waals surface area (Å²) in [4.78, 5) is 4.69. The number of furan rings is 3. The summed E-state index contributed by atoms with van der Waals surface area (Å²) in [5.41, 5.74) is 17.5. The maximum absolute atomic E-state index is 10.1. The van der Waals surface area contributed by atoms with Crippen LogP contribution in [0, 0.1) is 0 Å². The Kier molecular flexibility index (Phi) is 11.4. The molecule has 2 aliphatic rings. The number of hydrogen-bond donors (Lipinski definition) is 0. The Morgan fingerprint density at radius 1 is 0.284 bits per heavy atom. The molecule has 0 unspecified atom stereocenters. The van der Waals surface area contributed by atoms with Crippen LogP contribution >= 0.6 is 0 Å². The molecule has 7 heterocycles. The molecule has 5 aromatic heterocycles. The van der Waals surface area contributed by atoms with E-state index in [1.807, 2.05) is 133 Å². The van der Waals surface area contributed by atoms with Gasteiger partial charge in [-0.2, -0.15) is 0 Å². The summed E-state index contributed by atoms with van der Waals surface area (Å²) in [5, 5.41) is 4.80. The third-order valence-corrected chi connectivity index (χ3v) is 24.1. The molecule has 0 bridgehead atoms. The number of benzene rings is 16. The van der Waals surface area contributed by atoms with Crippen molar-refractivity contribution >= 4 is 167 Å². The van der Waals surface area contributed by atoms with Crippen molar-refractivity contribution in [3.8, 4) is 55.9 Å². The number of aromatic nitrogens is 2. The molecule has 0 saturated carbocycles. The quantitative estimate of drug-likeness (QED) is 0.142. The second-order valence-electron chi connectivity index (χ2n) is 33.9. The first kappa shape index (κ1) is 53.2. The molecule has 0 spiro atoms. The van der Waals surface area contributed by atoms with Crippen LogP contribution in [-0.2, 0) is 16.2 Å². The molecule has 0 amide bonds. The fraction of sp³-hybridized carbons (Fsp3) is 0.111. The normalized spacial score (nSPS) is 15.1. The van der Waals surface area contributed by atoms with E-state index in [0.717, 1.165) is 99.0 Å². The molecule has 0 saturated heterocycles. The maximum Gasteiger partial charge on any atom is 0.252 e. The van der Waals surface area contributed by atoms with Crippen LogP contribution < -0.4 is 26.2 Å². The van der Waals surface area contributed by atoms with Crippen molar-refractivity contribution in [3.05, 3.63) is 344 Å². The molecule has 23 rings (SSSR count). The minimum absolute atomic E-state index is 0.0759. The summed E-state index contributed by atoms with van der Waals surface area (Å²) in [6, 6.07) is 69.9. The van der Waals surface area contributed by atoms with Gasteiger partial charge < -0.3 is 32.2 Å². The van der Waals surface area contributed by atoms with Gasteiger partial charge in [-0.3, -0.25) is 0 Å². The molecule has 16 aromatic carbocycles. The highest BCUT2D eigenvalue weighted by Gasteiger charge is 2.47. The predicted molar refractivity (Wildman–Crippen MR) is 489 cm³/mol.